The van der Waals surface area contributed by atoms with Crippen LogP contribution in [0, 0.1) is 11.7 Å². The van der Waals surface area contributed by atoms with Gasteiger partial charge in [-0.15, -0.1) is 0 Å². The normalized spacial score (nSPS) is 22.9. The van der Waals surface area contributed by atoms with Gasteiger partial charge in [0.25, 0.3) is 5.91 Å². The lowest BCUT2D eigenvalue weighted by atomic mass is 9.97. The molecule has 4 nitrogen and oxygen atoms in total. The molecule has 1 aliphatic rings. The van der Waals surface area contributed by atoms with Gasteiger partial charge in [-0.1, -0.05) is 6.92 Å². The van der Waals surface area contributed by atoms with Gasteiger partial charge in [0.15, 0.2) is 0 Å². The summed E-state index contributed by atoms with van der Waals surface area (Å²) in [7, 11) is 1.46. The van der Waals surface area contributed by atoms with Crippen molar-refractivity contribution in [1.29, 1.82) is 0 Å². The number of carbonyl (C=O) groups excluding carboxylic acids is 1. The zero-order valence-electron chi connectivity index (χ0n) is 11.1. The number of hydrogen-bond acceptors (Lipinski definition) is 3. The van der Waals surface area contributed by atoms with Gasteiger partial charge < -0.3 is 14.8 Å². The van der Waals surface area contributed by atoms with Gasteiger partial charge >= 0.3 is 0 Å². The van der Waals surface area contributed by atoms with E-state index in [1.807, 2.05) is 6.92 Å². The third kappa shape index (κ3) is 3.23. The number of hydrogen-bond donors (Lipinski definition) is 1. The molecule has 1 aliphatic heterocycles. The van der Waals surface area contributed by atoms with E-state index >= 15 is 0 Å². The Balaban J connectivity index is 2.07. The van der Waals surface area contributed by atoms with Gasteiger partial charge in [-0.3, -0.25) is 4.79 Å². The lowest BCUT2D eigenvalue weighted by molar-refractivity contribution is 0.0374. The van der Waals surface area contributed by atoms with Crippen LogP contribution in [0.4, 0.5) is 4.39 Å². The smallest absolute Gasteiger partial charge is 0.254 e. The standard InChI is InChI=1S/C14H18FNO3/c1-9-8-19-6-5-13(9)16-14(17)11-4-3-10(18-2)7-12(11)15/h3-4,7,9,13H,5-6,8H2,1-2H3,(H,16,17). The molecule has 0 aromatic heterocycles. The average molecular weight is 267 g/mol. The predicted octanol–water partition coefficient (Wildman–Crippen LogP) is 1.99. The fourth-order valence-electron chi connectivity index (χ4n) is 2.15. The van der Waals surface area contributed by atoms with Crippen molar-refractivity contribution in [2.24, 2.45) is 5.92 Å². The molecule has 0 saturated carbocycles. The number of rotatable bonds is 3. The van der Waals surface area contributed by atoms with E-state index in [1.165, 1.54) is 19.2 Å². The monoisotopic (exact) mass is 267 g/mol. The van der Waals surface area contributed by atoms with E-state index in [9.17, 15) is 9.18 Å². The highest BCUT2D eigenvalue weighted by Gasteiger charge is 2.24. The maximum absolute atomic E-state index is 13.8. The zero-order valence-corrected chi connectivity index (χ0v) is 11.1. The Morgan fingerprint density at radius 3 is 2.95 bits per heavy atom. The first kappa shape index (κ1) is 13.8. The molecule has 0 spiro atoms. The summed E-state index contributed by atoms with van der Waals surface area (Å²) in [6.07, 6.45) is 0.755. The number of methoxy groups -OCH3 is 1. The van der Waals surface area contributed by atoms with Crippen molar-refractivity contribution in [2.75, 3.05) is 20.3 Å². The van der Waals surface area contributed by atoms with Crippen LogP contribution in [-0.4, -0.2) is 32.3 Å². The fraction of sp³-hybridized carbons (Fsp3) is 0.500. The van der Waals surface area contributed by atoms with Crippen molar-refractivity contribution < 1.29 is 18.7 Å². The van der Waals surface area contributed by atoms with Crippen molar-refractivity contribution >= 4 is 5.91 Å². The summed E-state index contributed by atoms with van der Waals surface area (Å²) < 4.78 is 24.0. The molecule has 2 rings (SSSR count). The van der Waals surface area contributed by atoms with Crippen molar-refractivity contribution in [1.82, 2.24) is 5.32 Å². The lowest BCUT2D eigenvalue weighted by Gasteiger charge is -2.29. The number of benzene rings is 1. The second kappa shape index (κ2) is 6.02. The summed E-state index contributed by atoms with van der Waals surface area (Å²) >= 11 is 0. The highest BCUT2D eigenvalue weighted by Crippen LogP contribution is 2.18. The summed E-state index contributed by atoms with van der Waals surface area (Å²) in [4.78, 5) is 12.0. The van der Waals surface area contributed by atoms with Crippen LogP contribution in [0.1, 0.15) is 23.7 Å². The van der Waals surface area contributed by atoms with Crippen LogP contribution in [0.3, 0.4) is 0 Å². The Kier molecular flexibility index (Phi) is 4.37. The zero-order chi connectivity index (χ0) is 13.8. The number of carbonyl (C=O) groups is 1. The molecule has 1 saturated heterocycles. The van der Waals surface area contributed by atoms with Crippen molar-refractivity contribution in [3.63, 3.8) is 0 Å². The van der Waals surface area contributed by atoms with Gasteiger partial charge in [0.2, 0.25) is 0 Å². The van der Waals surface area contributed by atoms with Gasteiger partial charge in [-0.25, -0.2) is 4.39 Å². The topological polar surface area (TPSA) is 47.6 Å². The van der Waals surface area contributed by atoms with E-state index < -0.39 is 5.82 Å². The third-order valence-corrected chi connectivity index (χ3v) is 3.38. The highest BCUT2D eigenvalue weighted by atomic mass is 19.1. The van der Waals surface area contributed by atoms with E-state index in [0.29, 0.717) is 19.0 Å². The van der Waals surface area contributed by atoms with E-state index in [-0.39, 0.29) is 23.4 Å². The third-order valence-electron chi connectivity index (χ3n) is 3.38. The Bertz CT molecular complexity index is 464. The van der Waals surface area contributed by atoms with Crippen molar-refractivity contribution in [3.05, 3.63) is 29.6 Å². The maximum Gasteiger partial charge on any atom is 0.254 e. The molecule has 1 aromatic carbocycles. The molecule has 1 N–H and O–H groups in total. The SMILES string of the molecule is COc1ccc(C(=O)NC2CCOCC2C)c(F)c1. The number of nitrogens with one attached hydrogen (secondary N) is 1. The second-order valence-corrected chi connectivity index (χ2v) is 4.77. The first-order valence-corrected chi connectivity index (χ1v) is 6.34. The Morgan fingerprint density at radius 1 is 1.53 bits per heavy atom. The second-order valence-electron chi connectivity index (χ2n) is 4.77. The number of halogens is 1. The number of ether oxygens (including phenoxy) is 2. The van der Waals surface area contributed by atoms with Crippen LogP contribution in [0.25, 0.3) is 0 Å². The minimum Gasteiger partial charge on any atom is -0.497 e. The number of amides is 1. The fourth-order valence-corrected chi connectivity index (χ4v) is 2.15. The molecule has 0 radical (unpaired) electrons. The minimum atomic E-state index is -0.573. The molecule has 2 atom stereocenters. The van der Waals surface area contributed by atoms with Crippen LogP contribution < -0.4 is 10.1 Å². The quantitative estimate of drug-likeness (QED) is 0.911. The van der Waals surface area contributed by atoms with Gasteiger partial charge in [-0.2, -0.15) is 0 Å². The molecule has 0 aliphatic carbocycles. The van der Waals surface area contributed by atoms with Crippen molar-refractivity contribution in [3.8, 4) is 5.75 Å². The molecular weight excluding hydrogens is 249 g/mol. The summed E-state index contributed by atoms with van der Waals surface area (Å²) in [5.41, 5.74) is 0.0412. The largest absolute Gasteiger partial charge is 0.497 e. The van der Waals surface area contributed by atoms with Gasteiger partial charge in [0, 0.05) is 18.7 Å². The molecule has 2 unspecified atom stereocenters. The Morgan fingerprint density at radius 2 is 2.32 bits per heavy atom. The summed E-state index contributed by atoms with van der Waals surface area (Å²) in [6.45, 7) is 3.25. The van der Waals surface area contributed by atoms with E-state index in [0.717, 1.165) is 6.42 Å². The predicted molar refractivity (Wildman–Crippen MR) is 68.8 cm³/mol. The van der Waals surface area contributed by atoms with Crippen LogP contribution in [0.15, 0.2) is 18.2 Å². The average Bonchev–Trinajstić information content (AvgIpc) is 2.41. The summed E-state index contributed by atoms with van der Waals surface area (Å²) in [6, 6.07) is 4.25. The first-order valence-electron chi connectivity index (χ1n) is 6.34. The summed E-state index contributed by atoms with van der Waals surface area (Å²) in [5, 5.41) is 2.86. The first-order chi connectivity index (χ1) is 9.11. The van der Waals surface area contributed by atoms with Crippen molar-refractivity contribution in [2.45, 2.75) is 19.4 Å². The summed E-state index contributed by atoms with van der Waals surface area (Å²) in [5.74, 6) is -0.331. The molecule has 1 amide bonds. The van der Waals surface area contributed by atoms with E-state index in [4.69, 9.17) is 9.47 Å². The van der Waals surface area contributed by atoms with E-state index in [1.54, 1.807) is 6.07 Å². The minimum absolute atomic E-state index is 0.0303. The molecule has 19 heavy (non-hydrogen) atoms. The molecule has 1 fully saturated rings. The molecular formula is C14H18FNO3. The van der Waals surface area contributed by atoms with Crippen LogP contribution >= 0.6 is 0 Å². The van der Waals surface area contributed by atoms with Crippen LogP contribution in [0.5, 0.6) is 5.75 Å². The van der Waals surface area contributed by atoms with Gasteiger partial charge in [0.05, 0.1) is 19.3 Å². The van der Waals surface area contributed by atoms with Crippen LogP contribution in [0.2, 0.25) is 0 Å². The highest BCUT2D eigenvalue weighted by molar-refractivity contribution is 5.94. The molecule has 0 bridgehead atoms. The Labute approximate surface area is 111 Å². The van der Waals surface area contributed by atoms with Gasteiger partial charge in [-0.05, 0) is 24.5 Å². The maximum atomic E-state index is 13.8. The van der Waals surface area contributed by atoms with Crippen LogP contribution in [-0.2, 0) is 4.74 Å². The molecule has 1 heterocycles. The lowest BCUT2D eigenvalue weighted by Crippen LogP contribution is -2.44. The molecule has 5 heteroatoms. The Hall–Kier alpha value is -1.62. The molecule has 1 aromatic rings. The van der Waals surface area contributed by atoms with E-state index in [2.05, 4.69) is 5.32 Å². The van der Waals surface area contributed by atoms with Gasteiger partial charge in [0.1, 0.15) is 11.6 Å². The molecule has 104 valence electrons.